The van der Waals surface area contributed by atoms with Gasteiger partial charge in [-0.2, -0.15) is 13.2 Å². The fourth-order valence-electron chi connectivity index (χ4n) is 3.25. The molecule has 2 aromatic rings. The number of hydrogen-bond acceptors (Lipinski definition) is 3. The van der Waals surface area contributed by atoms with Gasteiger partial charge in [-0.15, -0.1) is 34.2 Å². The van der Waals surface area contributed by atoms with Gasteiger partial charge in [0.25, 0.3) is 0 Å². The van der Waals surface area contributed by atoms with E-state index in [2.05, 4.69) is 25.8 Å². The molecule has 3 rings (SSSR count). The standard InChI is InChI=1S/C19H25F3N6.HI/c1-3-16-27-26-13-28(16)10-9-24-17(23-2)25-12-18(7-8-18)14-5-4-6-15(11-14)19(20,21)22;/h4-6,11,13H,3,7-10,12H2,1-2H3,(H2,23,24,25);1H. The van der Waals surface area contributed by atoms with E-state index in [4.69, 9.17) is 0 Å². The summed E-state index contributed by atoms with van der Waals surface area (Å²) < 4.78 is 41.0. The molecule has 1 saturated carbocycles. The van der Waals surface area contributed by atoms with Crippen LogP contribution in [0.15, 0.2) is 35.6 Å². The van der Waals surface area contributed by atoms with Crippen molar-refractivity contribution in [3.8, 4) is 0 Å². The average molecular weight is 522 g/mol. The van der Waals surface area contributed by atoms with Crippen LogP contribution in [0.4, 0.5) is 13.2 Å². The molecule has 0 amide bonds. The molecule has 10 heteroatoms. The minimum Gasteiger partial charge on any atom is -0.356 e. The summed E-state index contributed by atoms with van der Waals surface area (Å²) in [7, 11) is 1.68. The topological polar surface area (TPSA) is 67.1 Å². The molecule has 2 N–H and O–H groups in total. The summed E-state index contributed by atoms with van der Waals surface area (Å²) in [5.74, 6) is 1.55. The molecule has 0 atom stereocenters. The van der Waals surface area contributed by atoms with Crippen LogP contribution in [0.1, 0.15) is 36.7 Å². The Bertz CT molecular complexity index is 829. The normalized spacial score (nSPS) is 15.6. The number of alkyl halides is 3. The van der Waals surface area contributed by atoms with Crippen LogP contribution in [-0.2, 0) is 24.6 Å². The Morgan fingerprint density at radius 1 is 1.28 bits per heavy atom. The number of rotatable bonds is 7. The summed E-state index contributed by atoms with van der Waals surface area (Å²) in [5.41, 5.74) is -0.135. The number of nitrogens with zero attached hydrogens (tertiary/aromatic N) is 4. The lowest BCUT2D eigenvalue weighted by atomic mass is 9.94. The first-order chi connectivity index (χ1) is 13.4. The first-order valence-electron chi connectivity index (χ1n) is 9.37. The highest BCUT2D eigenvalue weighted by Crippen LogP contribution is 2.48. The van der Waals surface area contributed by atoms with E-state index in [1.165, 1.54) is 12.1 Å². The van der Waals surface area contributed by atoms with Gasteiger partial charge < -0.3 is 15.2 Å². The average Bonchev–Trinajstić information content (AvgIpc) is 3.34. The first kappa shape index (κ1) is 23.4. The molecule has 1 aliphatic rings. The van der Waals surface area contributed by atoms with Gasteiger partial charge >= 0.3 is 6.18 Å². The van der Waals surface area contributed by atoms with Crippen molar-refractivity contribution in [2.45, 2.75) is 44.3 Å². The van der Waals surface area contributed by atoms with E-state index >= 15 is 0 Å². The molecule has 0 aliphatic heterocycles. The van der Waals surface area contributed by atoms with E-state index < -0.39 is 11.7 Å². The molecule has 29 heavy (non-hydrogen) atoms. The van der Waals surface area contributed by atoms with Crippen molar-refractivity contribution in [1.82, 2.24) is 25.4 Å². The SMILES string of the molecule is CCc1nncn1CCNC(=NC)NCC1(c2cccc(C(F)(F)F)c2)CC1.I. The van der Waals surface area contributed by atoms with Crippen LogP contribution < -0.4 is 10.6 Å². The van der Waals surface area contributed by atoms with Crippen LogP contribution in [0.3, 0.4) is 0 Å². The number of aryl methyl sites for hydroxylation is 1. The Balaban J connectivity index is 0.00000300. The molecule has 1 aromatic heterocycles. The molecule has 1 heterocycles. The second kappa shape index (κ2) is 9.77. The third-order valence-corrected chi connectivity index (χ3v) is 5.13. The van der Waals surface area contributed by atoms with Gasteiger partial charge in [0, 0.05) is 38.5 Å². The summed E-state index contributed by atoms with van der Waals surface area (Å²) in [5, 5.41) is 14.4. The predicted octanol–water partition coefficient (Wildman–Crippen LogP) is 3.37. The molecule has 1 aromatic carbocycles. The lowest BCUT2D eigenvalue weighted by Gasteiger charge is -2.20. The Morgan fingerprint density at radius 2 is 2.03 bits per heavy atom. The molecular weight excluding hydrogens is 496 g/mol. The van der Waals surface area contributed by atoms with E-state index in [1.807, 2.05) is 11.5 Å². The second-order valence-corrected chi connectivity index (χ2v) is 7.01. The van der Waals surface area contributed by atoms with Crippen LogP contribution >= 0.6 is 24.0 Å². The van der Waals surface area contributed by atoms with Crippen LogP contribution in [-0.4, -0.2) is 40.9 Å². The molecular formula is C19H26F3IN6. The molecule has 160 valence electrons. The molecule has 1 fully saturated rings. The number of guanidine groups is 1. The Morgan fingerprint density at radius 3 is 2.66 bits per heavy atom. The predicted molar refractivity (Wildman–Crippen MR) is 117 cm³/mol. The molecule has 6 nitrogen and oxygen atoms in total. The minimum absolute atomic E-state index is 0. The maximum Gasteiger partial charge on any atom is 0.416 e. The third kappa shape index (κ3) is 5.83. The number of hydrogen-bond donors (Lipinski definition) is 2. The maximum atomic E-state index is 13.0. The summed E-state index contributed by atoms with van der Waals surface area (Å²) in [4.78, 5) is 4.20. The van der Waals surface area contributed by atoms with Crippen molar-refractivity contribution < 1.29 is 13.2 Å². The highest BCUT2D eigenvalue weighted by atomic mass is 127. The lowest BCUT2D eigenvalue weighted by molar-refractivity contribution is -0.137. The Kier molecular flexibility index (Phi) is 7.89. The number of aromatic nitrogens is 3. The van der Waals surface area contributed by atoms with Gasteiger partial charge in [0.1, 0.15) is 12.2 Å². The highest BCUT2D eigenvalue weighted by molar-refractivity contribution is 14.0. The molecule has 0 unspecified atom stereocenters. The van der Waals surface area contributed by atoms with Crippen molar-refractivity contribution in [1.29, 1.82) is 0 Å². The van der Waals surface area contributed by atoms with Gasteiger partial charge in [-0.05, 0) is 24.5 Å². The van der Waals surface area contributed by atoms with E-state index in [-0.39, 0.29) is 29.4 Å². The fourth-order valence-corrected chi connectivity index (χ4v) is 3.25. The number of nitrogens with one attached hydrogen (secondary N) is 2. The zero-order valence-corrected chi connectivity index (χ0v) is 18.8. The highest BCUT2D eigenvalue weighted by Gasteiger charge is 2.45. The summed E-state index contributed by atoms with van der Waals surface area (Å²) in [6.07, 6.45) is -0.0929. The van der Waals surface area contributed by atoms with E-state index in [9.17, 15) is 13.2 Å². The van der Waals surface area contributed by atoms with Crippen molar-refractivity contribution in [3.63, 3.8) is 0 Å². The zero-order valence-electron chi connectivity index (χ0n) is 16.5. The summed E-state index contributed by atoms with van der Waals surface area (Å²) in [6.45, 7) is 3.91. The molecule has 0 spiro atoms. The van der Waals surface area contributed by atoms with Crippen LogP contribution in [0.2, 0.25) is 0 Å². The smallest absolute Gasteiger partial charge is 0.356 e. The Hall–Kier alpha value is -1.85. The fraction of sp³-hybridized carbons (Fsp3) is 0.526. The number of halogens is 4. The summed E-state index contributed by atoms with van der Waals surface area (Å²) >= 11 is 0. The number of aliphatic imine (C=N–C) groups is 1. The first-order valence-corrected chi connectivity index (χ1v) is 9.37. The van der Waals surface area contributed by atoms with E-state index in [0.717, 1.165) is 36.7 Å². The van der Waals surface area contributed by atoms with Gasteiger partial charge in [-0.25, -0.2) is 0 Å². The van der Waals surface area contributed by atoms with E-state index in [1.54, 1.807) is 19.4 Å². The van der Waals surface area contributed by atoms with Crippen molar-refractivity contribution in [2.75, 3.05) is 20.1 Å². The van der Waals surface area contributed by atoms with E-state index in [0.29, 0.717) is 25.6 Å². The molecule has 1 aliphatic carbocycles. The number of benzene rings is 1. The minimum atomic E-state index is -4.32. The van der Waals surface area contributed by atoms with Gasteiger partial charge in [0.05, 0.1) is 5.56 Å². The van der Waals surface area contributed by atoms with Crippen molar-refractivity contribution in [3.05, 3.63) is 47.5 Å². The lowest BCUT2D eigenvalue weighted by Crippen LogP contribution is -2.42. The van der Waals surface area contributed by atoms with Crippen LogP contribution in [0.25, 0.3) is 0 Å². The molecule has 0 radical (unpaired) electrons. The monoisotopic (exact) mass is 522 g/mol. The second-order valence-electron chi connectivity index (χ2n) is 7.01. The van der Waals surface area contributed by atoms with Gasteiger partial charge in [-0.3, -0.25) is 4.99 Å². The van der Waals surface area contributed by atoms with Crippen LogP contribution in [0, 0.1) is 0 Å². The third-order valence-electron chi connectivity index (χ3n) is 5.13. The zero-order chi connectivity index (χ0) is 20.2. The van der Waals surface area contributed by atoms with Crippen molar-refractivity contribution in [2.24, 2.45) is 4.99 Å². The maximum absolute atomic E-state index is 13.0. The molecule has 0 saturated heterocycles. The molecule has 0 bridgehead atoms. The summed E-state index contributed by atoms with van der Waals surface area (Å²) in [6, 6.07) is 5.64. The van der Waals surface area contributed by atoms with Crippen LogP contribution in [0.5, 0.6) is 0 Å². The van der Waals surface area contributed by atoms with Gasteiger partial charge in [-0.1, -0.05) is 25.1 Å². The van der Waals surface area contributed by atoms with Crippen molar-refractivity contribution >= 4 is 29.9 Å². The van der Waals surface area contributed by atoms with Gasteiger partial charge in [0.15, 0.2) is 5.96 Å². The largest absolute Gasteiger partial charge is 0.416 e. The Labute approximate surface area is 185 Å². The quantitative estimate of drug-likeness (QED) is 0.333. The van der Waals surface area contributed by atoms with Gasteiger partial charge in [0.2, 0.25) is 0 Å².